The molecule has 24 heavy (non-hydrogen) atoms. The Hall–Kier alpha value is -3.33. The minimum Gasteiger partial charge on any atom is -0.289 e. The Morgan fingerprint density at radius 1 is 0.583 bits per heavy atom. The molecule has 0 spiro atoms. The topological polar surface area (TPSA) is 51.2 Å². The summed E-state index contributed by atoms with van der Waals surface area (Å²) in [6, 6.07) is 20.3. The van der Waals surface area contributed by atoms with Crippen molar-refractivity contribution in [3.05, 3.63) is 106 Å². The minimum absolute atomic E-state index is 0.204. The van der Waals surface area contributed by atoms with Crippen LogP contribution in [0.5, 0.6) is 0 Å². The highest BCUT2D eigenvalue weighted by Crippen LogP contribution is 2.30. The van der Waals surface area contributed by atoms with Gasteiger partial charge in [-0.25, -0.2) is 0 Å². The first-order valence-electron chi connectivity index (χ1n) is 7.59. The smallest absolute Gasteiger partial charge is 0.195 e. The fraction of sp³-hybridized carbons (Fsp3) is 0. The van der Waals surface area contributed by atoms with E-state index in [1.807, 2.05) is 6.07 Å². The van der Waals surface area contributed by atoms with E-state index in [0.717, 1.165) is 0 Å². The number of hydrogen-bond acceptors (Lipinski definition) is 3. The van der Waals surface area contributed by atoms with Crippen molar-refractivity contribution in [2.75, 3.05) is 0 Å². The van der Waals surface area contributed by atoms with Crippen molar-refractivity contribution >= 4 is 17.3 Å². The molecule has 3 aromatic rings. The molecule has 0 heterocycles. The van der Waals surface area contributed by atoms with Crippen LogP contribution in [-0.2, 0) is 0 Å². The number of carbonyl (C=O) groups is 3. The van der Waals surface area contributed by atoms with Gasteiger partial charge in [0.05, 0.1) is 0 Å². The first kappa shape index (κ1) is 14.3. The first-order valence-corrected chi connectivity index (χ1v) is 7.59. The SMILES string of the molecule is O=C(c1ccccc1)c1cccc2c1C(=O)c1ccccc1C2=O. The number of ketones is 3. The minimum atomic E-state index is -0.278. The van der Waals surface area contributed by atoms with Gasteiger partial charge in [-0.2, -0.15) is 0 Å². The third kappa shape index (κ3) is 2.02. The molecule has 0 bridgehead atoms. The maximum Gasteiger partial charge on any atom is 0.195 e. The summed E-state index contributed by atoms with van der Waals surface area (Å²) in [4.78, 5) is 38.4. The summed E-state index contributed by atoms with van der Waals surface area (Å²) < 4.78 is 0. The molecule has 0 saturated heterocycles. The maximum atomic E-state index is 12.9. The Kier molecular flexibility index (Phi) is 3.21. The van der Waals surface area contributed by atoms with Gasteiger partial charge in [0.1, 0.15) is 0 Å². The van der Waals surface area contributed by atoms with E-state index < -0.39 is 0 Å². The Balaban J connectivity index is 1.94. The van der Waals surface area contributed by atoms with Gasteiger partial charge in [0.2, 0.25) is 0 Å². The second kappa shape index (κ2) is 5.39. The zero-order chi connectivity index (χ0) is 16.7. The maximum absolute atomic E-state index is 12.9. The van der Waals surface area contributed by atoms with Crippen LogP contribution in [0.15, 0.2) is 72.8 Å². The van der Waals surface area contributed by atoms with Crippen LogP contribution in [0, 0.1) is 0 Å². The van der Waals surface area contributed by atoms with E-state index in [4.69, 9.17) is 0 Å². The molecular weight excluding hydrogens is 300 g/mol. The van der Waals surface area contributed by atoms with Crippen LogP contribution in [0.2, 0.25) is 0 Å². The molecule has 0 atom stereocenters. The third-order valence-electron chi connectivity index (χ3n) is 4.23. The summed E-state index contributed by atoms with van der Waals surface area (Å²) in [5.41, 5.74) is 2.00. The third-order valence-corrected chi connectivity index (χ3v) is 4.23. The lowest BCUT2D eigenvalue weighted by Gasteiger charge is -2.19. The van der Waals surface area contributed by atoms with Gasteiger partial charge in [-0.3, -0.25) is 14.4 Å². The number of rotatable bonds is 2. The second-order valence-corrected chi connectivity index (χ2v) is 5.63. The molecule has 0 radical (unpaired) electrons. The van der Waals surface area contributed by atoms with E-state index in [9.17, 15) is 14.4 Å². The first-order chi connectivity index (χ1) is 11.7. The van der Waals surface area contributed by atoms with Crippen molar-refractivity contribution < 1.29 is 14.4 Å². The molecule has 0 fully saturated rings. The van der Waals surface area contributed by atoms with Crippen molar-refractivity contribution in [3.63, 3.8) is 0 Å². The van der Waals surface area contributed by atoms with Gasteiger partial charge in [0.15, 0.2) is 17.3 Å². The van der Waals surface area contributed by atoms with Crippen molar-refractivity contribution in [2.45, 2.75) is 0 Å². The van der Waals surface area contributed by atoms with Gasteiger partial charge in [-0.05, 0) is 0 Å². The van der Waals surface area contributed by atoms with Crippen LogP contribution in [0.25, 0.3) is 0 Å². The molecule has 3 nitrogen and oxygen atoms in total. The fourth-order valence-electron chi connectivity index (χ4n) is 3.08. The summed E-state index contributed by atoms with van der Waals surface area (Å²) in [7, 11) is 0. The molecule has 0 amide bonds. The monoisotopic (exact) mass is 312 g/mol. The van der Waals surface area contributed by atoms with E-state index in [1.165, 1.54) is 0 Å². The van der Waals surface area contributed by atoms with Crippen LogP contribution in [0.4, 0.5) is 0 Å². The molecule has 0 unspecified atom stereocenters. The predicted molar refractivity (Wildman–Crippen MR) is 89.6 cm³/mol. The van der Waals surface area contributed by atoms with Crippen LogP contribution >= 0.6 is 0 Å². The molecule has 0 N–H and O–H groups in total. The quantitative estimate of drug-likeness (QED) is 0.530. The van der Waals surface area contributed by atoms with Gasteiger partial charge in [-0.1, -0.05) is 72.8 Å². The van der Waals surface area contributed by atoms with Crippen LogP contribution in [0.1, 0.15) is 47.8 Å². The second-order valence-electron chi connectivity index (χ2n) is 5.63. The molecule has 0 aromatic heterocycles. The molecule has 1 aliphatic rings. The number of carbonyl (C=O) groups excluding carboxylic acids is 3. The summed E-state index contributed by atoms with van der Waals surface area (Å²) in [5.74, 6) is -0.754. The van der Waals surface area contributed by atoms with Crippen LogP contribution in [-0.4, -0.2) is 17.3 Å². The number of hydrogen-bond donors (Lipinski definition) is 0. The van der Waals surface area contributed by atoms with Gasteiger partial charge in [0.25, 0.3) is 0 Å². The molecular formula is C21H12O3. The standard InChI is InChI=1S/C21H12O3/c22-19(13-7-2-1-3-8-13)16-11-6-12-17-18(16)21(24)15-10-5-4-9-14(15)20(17)23/h1-12H. The normalized spacial score (nSPS) is 12.5. The van der Waals surface area contributed by atoms with Crippen LogP contribution in [0.3, 0.4) is 0 Å². The van der Waals surface area contributed by atoms with Crippen molar-refractivity contribution in [1.82, 2.24) is 0 Å². The summed E-state index contributed by atoms with van der Waals surface area (Å²) in [5, 5.41) is 0. The van der Waals surface area contributed by atoms with Gasteiger partial charge in [-0.15, -0.1) is 0 Å². The Morgan fingerprint density at radius 3 is 1.88 bits per heavy atom. The van der Waals surface area contributed by atoms with E-state index >= 15 is 0 Å². The highest BCUT2D eigenvalue weighted by molar-refractivity contribution is 6.31. The molecule has 3 aromatic carbocycles. The Morgan fingerprint density at radius 2 is 1.17 bits per heavy atom. The Labute approximate surface area is 138 Å². The summed E-state index contributed by atoms with van der Waals surface area (Å²) in [6.07, 6.45) is 0. The highest BCUT2D eigenvalue weighted by atomic mass is 16.1. The van der Waals surface area contributed by atoms with Crippen LogP contribution < -0.4 is 0 Å². The molecule has 4 rings (SSSR count). The van der Waals surface area contributed by atoms with Crippen molar-refractivity contribution in [3.8, 4) is 0 Å². The van der Waals surface area contributed by atoms with Gasteiger partial charge in [0, 0.05) is 33.4 Å². The fourth-order valence-corrected chi connectivity index (χ4v) is 3.08. The summed E-state index contributed by atoms with van der Waals surface area (Å²) in [6.45, 7) is 0. The van der Waals surface area contributed by atoms with Gasteiger partial charge < -0.3 is 0 Å². The molecule has 0 aliphatic heterocycles. The van der Waals surface area contributed by atoms with Crippen molar-refractivity contribution in [2.24, 2.45) is 0 Å². The zero-order valence-corrected chi connectivity index (χ0v) is 12.7. The van der Waals surface area contributed by atoms with E-state index in [-0.39, 0.29) is 28.5 Å². The zero-order valence-electron chi connectivity index (χ0n) is 12.7. The predicted octanol–water partition coefficient (Wildman–Crippen LogP) is 3.69. The Bertz CT molecular complexity index is 1000. The van der Waals surface area contributed by atoms with E-state index in [2.05, 4.69) is 0 Å². The van der Waals surface area contributed by atoms with E-state index in [0.29, 0.717) is 22.3 Å². The molecule has 0 saturated carbocycles. The largest absolute Gasteiger partial charge is 0.289 e. The molecule has 114 valence electrons. The summed E-state index contributed by atoms with van der Waals surface area (Å²) >= 11 is 0. The lowest BCUT2D eigenvalue weighted by molar-refractivity contribution is 0.0971. The van der Waals surface area contributed by atoms with E-state index in [1.54, 1.807) is 66.7 Å². The lowest BCUT2D eigenvalue weighted by Crippen LogP contribution is -2.24. The number of fused-ring (bicyclic) bond motifs is 2. The molecule has 1 aliphatic carbocycles. The number of benzene rings is 3. The average Bonchev–Trinajstić information content (AvgIpc) is 2.65. The lowest BCUT2D eigenvalue weighted by atomic mass is 9.80. The average molecular weight is 312 g/mol. The highest BCUT2D eigenvalue weighted by Gasteiger charge is 2.32. The van der Waals surface area contributed by atoms with Gasteiger partial charge >= 0.3 is 0 Å². The molecule has 3 heteroatoms. The van der Waals surface area contributed by atoms with Crippen molar-refractivity contribution in [1.29, 1.82) is 0 Å².